The van der Waals surface area contributed by atoms with Crippen molar-refractivity contribution >= 4 is 11.0 Å². The van der Waals surface area contributed by atoms with E-state index in [9.17, 15) is 0 Å². The maximum absolute atomic E-state index is 5.86. The van der Waals surface area contributed by atoms with Crippen molar-refractivity contribution in [3.8, 4) is 11.5 Å². The second-order valence-electron chi connectivity index (χ2n) is 5.32. The summed E-state index contributed by atoms with van der Waals surface area (Å²) in [5, 5.41) is 1.11. The Morgan fingerprint density at radius 2 is 1.68 bits per heavy atom. The lowest BCUT2D eigenvalue weighted by atomic mass is 10.2. The van der Waals surface area contributed by atoms with E-state index >= 15 is 0 Å². The molecule has 0 bridgehead atoms. The van der Waals surface area contributed by atoms with E-state index in [4.69, 9.17) is 8.83 Å². The maximum Gasteiger partial charge on any atom is 0.226 e. The van der Waals surface area contributed by atoms with Gasteiger partial charge in [-0.15, -0.1) is 0 Å². The van der Waals surface area contributed by atoms with E-state index in [0.29, 0.717) is 12.3 Å². The number of fused-ring (bicyclic) bond motifs is 1. The molecule has 2 aromatic carbocycles. The molecule has 22 heavy (non-hydrogen) atoms. The summed E-state index contributed by atoms with van der Waals surface area (Å²) >= 11 is 0. The molecule has 4 aromatic rings. The second kappa shape index (κ2) is 5.19. The van der Waals surface area contributed by atoms with E-state index in [1.54, 1.807) is 0 Å². The summed E-state index contributed by atoms with van der Waals surface area (Å²) in [5.74, 6) is 2.39. The van der Waals surface area contributed by atoms with Gasteiger partial charge >= 0.3 is 0 Å². The van der Waals surface area contributed by atoms with Gasteiger partial charge < -0.3 is 8.83 Å². The smallest absolute Gasteiger partial charge is 0.226 e. The van der Waals surface area contributed by atoms with Gasteiger partial charge in [0.1, 0.15) is 17.1 Å². The standard InChI is InChI=1S/C19H15NO2/c1-13-17(20-19(21-13)14-7-3-2-4-8-14)12-16-11-15-9-5-6-10-18(15)22-16/h2-11H,12H2,1H3. The van der Waals surface area contributed by atoms with Crippen LogP contribution in [0.4, 0.5) is 0 Å². The minimum atomic E-state index is 0.636. The first-order valence-corrected chi connectivity index (χ1v) is 7.29. The van der Waals surface area contributed by atoms with Crippen LogP contribution in [0.25, 0.3) is 22.4 Å². The lowest BCUT2D eigenvalue weighted by Gasteiger charge is -1.93. The number of aromatic nitrogens is 1. The molecular formula is C19H15NO2. The number of aryl methyl sites for hydroxylation is 1. The molecule has 0 aliphatic carbocycles. The summed E-state index contributed by atoms with van der Waals surface area (Å²) in [6.45, 7) is 1.94. The number of para-hydroxylation sites is 1. The molecule has 4 rings (SSSR count). The normalized spacial score (nSPS) is 11.1. The van der Waals surface area contributed by atoms with Crippen LogP contribution in [0.3, 0.4) is 0 Å². The highest BCUT2D eigenvalue weighted by Crippen LogP contribution is 2.25. The fourth-order valence-corrected chi connectivity index (χ4v) is 2.59. The monoisotopic (exact) mass is 289 g/mol. The second-order valence-corrected chi connectivity index (χ2v) is 5.32. The van der Waals surface area contributed by atoms with Crippen LogP contribution in [-0.2, 0) is 6.42 Å². The van der Waals surface area contributed by atoms with Crippen LogP contribution in [0.5, 0.6) is 0 Å². The van der Waals surface area contributed by atoms with Gasteiger partial charge in [-0.25, -0.2) is 4.98 Å². The Balaban J connectivity index is 1.67. The van der Waals surface area contributed by atoms with Crippen molar-refractivity contribution in [2.75, 3.05) is 0 Å². The molecule has 0 amide bonds. The van der Waals surface area contributed by atoms with Gasteiger partial charge in [-0.05, 0) is 31.2 Å². The van der Waals surface area contributed by atoms with E-state index in [-0.39, 0.29) is 0 Å². The first-order valence-electron chi connectivity index (χ1n) is 7.29. The molecule has 3 heteroatoms. The number of rotatable bonds is 3. The average Bonchev–Trinajstić information content (AvgIpc) is 3.12. The Morgan fingerprint density at radius 1 is 0.909 bits per heavy atom. The Hall–Kier alpha value is -2.81. The van der Waals surface area contributed by atoms with Gasteiger partial charge in [0.05, 0.1) is 12.1 Å². The number of benzene rings is 2. The zero-order chi connectivity index (χ0) is 14.9. The Labute approximate surface area is 128 Å². The van der Waals surface area contributed by atoms with Gasteiger partial charge in [0.2, 0.25) is 5.89 Å². The van der Waals surface area contributed by atoms with E-state index in [1.165, 1.54) is 0 Å². The van der Waals surface area contributed by atoms with Gasteiger partial charge in [0, 0.05) is 10.9 Å². The van der Waals surface area contributed by atoms with Gasteiger partial charge in [0.25, 0.3) is 0 Å². The molecule has 108 valence electrons. The van der Waals surface area contributed by atoms with Gasteiger partial charge in [-0.2, -0.15) is 0 Å². The van der Waals surface area contributed by atoms with Crippen LogP contribution in [0.1, 0.15) is 17.2 Å². The summed E-state index contributed by atoms with van der Waals surface area (Å²) in [6.07, 6.45) is 0.636. The SMILES string of the molecule is Cc1oc(-c2ccccc2)nc1Cc1cc2ccccc2o1. The summed E-state index contributed by atoms with van der Waals surface area (Å²) in [7, 11) is 0. The first kappa shape index (κ1) is 12.9. The predicted molar refractivity (Wildman–Crippen MR) is 85.7 cm³/mol. The van der Waals surface area contributed by atoms with Crippen molar-refractivity contribution in [2.45, 2.75) is 13.3 Å². The van der Waals surface area contributed by atoms with Crippen LogP contribution in [0.2, 0.25) is 0 Å². The molecule has 0 atom stereocenters. The zero-order valence-corrected chi connectivity index (χ0v) is 12.2. The molecule has 2 heterocycles. The topological polar surface area (TPSA) is 39.2 Å². The molecular weight excluding hydrogens is 274 g/mol. The largest absolute Gasteiger partial charge is 0.461 e. The molecule has 0 N–H and O–H groups in total. The molecule has 0 saturated carbocycles. The summed E-state index contributed by atoms with van der Waals surface area (Å²) in [6, 6.07) is 20.0. The molecule has 3 nitrogen and oxygen atoms in total. The lowest BCUT2D eigenvalue weighted by Crippen LogP contribution is -1.88. The van der Waals surface area contributed by atoms with Crippen molar-refractivity contribution in [1.29, 1.82) is 0 Å². The highest BCUT2D eigenvalue weighted by molar-refractivity contribution is 5.77. The molecule has 0 aliphatic rings. The summed E-state index contributed by atoms with van der Waals surface area (Å²) in [5.41, 5.74) is 2.81. The number of nitrogens with zero attached hydrogens (tertiary/aromatic N) is 1. The van der Waals surface area contributed by atoms with Crippen molar-refractivity contribution < 1.29 is 8.83 Å². The third kappa shape index (κ3) is 2.31. The maximum atomic E-state index is 5.86. The highest BCUT2D eigenvalue weighted by Gasteiger charge is 2.13. The van der Waals surface area contributed by atoms with Crippen LogP contribution < -0.4 is 0 Å². The quantitative estimate of drug-likeness (QED) is 0.533. The van der Waals surface area contributed by atoms with Gasteiger partial charge in [-0.3, -0.25) is 0 Å². The fourth-order valence-electron chi connectivity index (χ4n) is 2.59. The van der Waals surface area contributed by atoms with Crippen molar-refractivity contribution in [1.82, 2.24) is 4.98 Å². The molecule has 0 fully saturated rings. The molecule has 0 spiro atoms. The van der Waals surface area contributed by atoms with Crippen LogP contribution >= 0.6 is 0 Å². The van der Waals surface area contributed by atoms with Crippen molar-refractivity contribution in [2.24, 2.45) is 0 Å². The number of hydrogen-bond acceptors (Lipinski definition) is 3. The van der Waals surface area contributed by atoms with Crippen molar-refractivity contribution in [3.05, 3.63) is 77.9 Å². The third-order valence-electron chi connectivity index (χ3n) is 3.73. The van der Waals surface area contributed by atoms with Crippen LogP contribution in [-0.4, -0.2) is 4.98 Å². The van der Waals surface area contributed by atoms with Crippen molar-refractivity contribution in [3.63, 3.8) is 0 Å². The number of hydrogen-bond donors (Lipinski definition) is 0. The number of furan rings is 1. The third-order valence-corrected chi connectivity index (χ3v) is 3.73. The first-order chi connectivity index (χ1) is 10.8. The van der Waals surface area contributed by atoms with Crippen LogP contribution in [0.15, 0.2) is 69.5 Å². The molecule has 0 unspecified atom stereocenters. The van der Waals surface area contributed by atoms with Gasteiger partial charge in [0.15, 0.2) is 0 Å². The molecule has 0 aliphatic heterocycles. The lowest BCUT2D eigenvalue weighted by molar-refractivity contribution is 0.533. The Kier molecular flexibility index (Phi) is 3.04. The minimum absolute atomic E-state index is 0.636. The van der Waals surface area contributed by atoms with E-state index in [2.05, 4.69) is 11.1 Å². The van der Waals surface area contributed by atoms with E-state index in [0.717, 1.165) is 33.7 Å². The predicted octanol–water partition coefficient (Wildman–Crippen LogP) is 4.99. The van der Waals surface area contributed by atoms with E-state index in [1.807, 2.05) is 61.5 Å². The molecule has 0 radical (unpaired) electrons. The molecule has 2 aromatic heterocycles. The number of oxazole rings is 1. The average molecular weight is 289 g/mol. The minimum Gasteiger partial charge on any atom is -0.461 e. The van der Waals surface area contributed by atoms with Gasteiger partial charge in [-0.1, -0.05) is 36.4 Å². The van der Waals surface area contributed by atoms with Crippen LogP contribution in [0, 0.1) is 6.92 Å². The zero-order valence-electron chi connectivity index (χ0n) is 12.2. The Morgan fingerprint density at radius 3 is 2.50 bits per heavy atom. The summed E-state index contributed by atoms with van der Waals surface area (Å²) in [4.78, 5) is 4.62. The summed E-state index contributed by atoms with van der Waals surface area (Å²) < 4.78 is 11.7. The fraction of sp³-hybridized carbons (Fsp3) is 0.105. The highest BCUT2D eigenvalue weighted by atomic mass is 16.4. The Bertz CT molecular complexity index is 886. The molecule has 0 saturated heterocycles. The van der Waals surface area contributed by atoms with E-state index < -0.39 is 0 Å².